The lowest BCUT2D eigenvalue weighted by atomic mass is 10.1. The SMILES string of the molecule is C=CCc1cc(OCC)ccc1OC(CC)CN. The van der Waals surface area contributed by atoms with E-state index >= 15 is 0 Å². The van der Waals surface area contributed by atoms with Gasteiger partial charge in [0.05, 0.1) is 6.61 Å². The molecule has 100 valence electrons. The number of ether oxygens (including phenoxy) is 2. The van der Waals surface area contributed by atoms with Gasteiger partial charge in [0.2, 0.25) is 0 Å². The quantitative estimate of drug-likeness (QED) is 0.720. The number of hydrogen-bond donors (Lipinski definition) is 1. The van der Waals surface area contributed by atoms with Crippen molar-refractivity contribution in [1.29, 1.82) is 0 Å². The number of rotatable bonds is 8. The fraction of sp³-hybridized carbons (Fsp3) is 0.467. The Kier molecular flexibility index (Phi) is 6.29. The van der Waals surface area contributed by atoms with Crippen LogP contribution in [-0.4, -0.2) is 19.3 Å². The highest BCUT2D eigenvalue weighted by Gasteiger charge is 2.10. The van der Waals surface area contributed by atoms with Crippen LogP contribution in [0.25, 0.3) is 0 Å². The van der Waals surface area contributed by atoms with E-state index < -0.39 is 0 Å². The zero-order valence-corrected chi connectivity index (χ0v) is 11.3. The van der Waals surface area contributed by atoms with Gasteiger partial charge in [0.15, 0.2) is 0 Å². The third-order valence-electron chi connectivity index (χ3n) is 2.72. The molecule has 0 heterocycles. The Hall–Kier alpha value is -1.48. The molecule has 0 saturated carbocycles. The molecule has 0 aliphatic carbocycles. The fourth-order valence-corrected chi connectivity index (χ4v) is 1.72. The van der Waals surface area contributed by atoms with Gasteiger partial charge in [0.1, 0.15) is 17.6 Å². The van der Waals surface area contributed by atoms with Gasteiger partial charge in [0, 0.05) is 12.1 Å². The predicted octanol–water partition coefficient (Wildman–Crippen LogP) is 2.93. The van der Waals surface area contributed by atoms with E-state index in [9.17, 15) is 0 Å². The van der Waals surface area contributed by atoms with Crippen LogP contribution in [0, 0.1) is 0 Å². The van der Waals surface area contributed by atoms with Crippen LogP contribution in [0.1, 0.15) is 25.8 Å². The molecular formula is C15H23NO2. The summed E-state index contributed by atoms with van der Waals surface area (Å²) >= 11 is 0. The summed E-state index contributed by atoms with van der Waals surface area (Å²) in [5.41, 5.74) is 6.75. The van der Waals surface area contributed by atoms with Gasteiger partial charge in [-0.05, 0) is 38.0 Å². The Labute approximate surface area is 110 Å². The molecule has 0 bridgehead atoms. The first-order chi connectivity index (χ1) is 8.74. The van der Waals surface area contributed by atoms with Crippen LogP contribution in [0.15, 0.2) is 30.9 Å². The third-order valence-corrected chi connectivity index (χ3v) is 2.72. The molecule has 0 amide bonds. The lowest BCUT2D eigenvalue weighted by Gasteiger charge is -2.18. The molecular weight excluding hydrogens is 226 g/mol. The summed E-state index contributed by atoms with van der Waals surface area (Å²) in [6.07, 6.45) is 3.59. The molecule has 0 aromatic heterocycles. The van der Waals surface area contributed by atoms with E-state index in [1.807, 2.05) is 31.2 Å². The van der Waals surface area contributed by atoms with E-state index in [2.05, 4.69) is 13.5 Å². The van der Waals surface area contributed by atoms with Crippen molar-refractivity contribution in [2.45, 2.75) is 32.8 Å². The van der Waals surface area contributed by atoms with Gasteiger partial charge in [-0.2, -0.15) is 0 Å². The molecule has 1 aromatic carbocycles. The van der Waals surface area contributed by atoms with Gasteiger partial charge in [-0.1, -0.05) is 13.0 Å². The van der Waals surface area contributed by atoms with Crippen LogP contribution < -0.4 is 15.2 Å². The number of allylic oxidation sites excluding steroid dienone is 1. The van der Waals surface area contributed by atoms with Gasteiger partial charge >= 0.3 is 0 Å². The first-order valence-corrected chi connectivity index (χ1v) is 6.48. The smallest absolute Gasteiger partial charge is 0.123 e. The second-order valence-electron chi connectivity index (χ2n) is 4.08. The summed E-state index contributed by atoms with van der Waals surface area (Å²) in [4.78, 5) is 0. The van der Waals surface area contributed by atoms with Crippen molar-refractivity contribution in [3.8, 4) is 11.5 Å². The van der Waals surface area contributed by atoms with Crippen molar-refractivity contribution < 1.29 is 9.47 Å². The summed E-state index contributed by atoms with van der Waals surface area (Å²) in [7, 11) is 0. The largest absolute Gasteiger partial charge is 0.494 e. The minimum Gasteiger partial charge on any atom is -0.494 e. The zero-order chi connectivity index (χ0) is 13.4. The van der Waals surface area contributed by atoms with E-state index in [-0.39, 0.29) is 6.10 Å². The van der Waals surface area contributed by atoms with Crippen LogP contribution in [0.5, 0.6) is 11.5 Å². The predicted molar refractivity (Wildman–Crippen MR) is 75.3 cm³/mol. The molecule has 0 saturated heterocycles. The summed E-state index contributed by atoms with van der Waals surface area (Å²) in [5.74, 6) is 1.73. The molecule has 0 radical (unpaired) electrons. The molecule has 2 N–H and O–H groups in total. The molecule has 0 spiro atoms. The monoisotopic (exact) mass is 249 g/mol. The van der Waals surface area contributed by atoms with Crippen molar-refractivity contribution in [3.05, 3.63) is 36.4 Å². The Bertz CT molecular complexity index is 373. The molecule has 0 aliphatic rings. The molecule has 3 nitrogen and oxygen atoms in total. The van der Waals surface area contributed by atoms with E-state index in [4.69, 9.17) is 15.2 Å². The molecule has 18 heavy (non-hydrogen) atoms. The molecule has 0 fully saturated rings. The summed E-state index contributed by atoms with van der Waals surface area (Å²) < 4.78 is 11.4. The number of hydrogen-bond acceptors (Lipinski definition) is 3. The van der Waals surface area contributed by atoms with Gasteiger partial charge in [-0.3, -0.25) is 0 Å². The minimum absolute atomic E-state index is 0.0616. The molecule has 1 aromatic rings. The van der Waals surface area contributed by atoms with Gasteiger partial charge < -0.3 is 15.2 Å². The first-order valence-electron chi connectivity index (χ1n) is 6.48. The van der Waals surface area contributed by atoms with Gasteiger partial charge in [-0.15, -0.1) is 6.58 Å². The van der Waals surface area contributed by atoms with E-state index in [1.54, 1.807) is 0 Å². The van der Waals surface area contributed by atoms with Crippen molar-refractivity contribution in [2.24, 2.45) is 5.73 Å². The Morgan fingerprint density at radius 3 is 2.72 bits per heavy atom. The third kappa shape index (κ3) is 4.08. The van der Waals surface area contributed by atoms with Crippen LogP contribution in [0.2, 0.25) is 0 Å². The molecule has 0 aliphatic heterocycles. The maximum atomic E-state index is 5.90. The highest BCUT2D eigenvalue weighted by atomic mass is 16.5. The minimum atomic E-state index is 0.0616. The average molecular weight is 249 g/mol. The second-order valence-corrected chi connectivity index (χ2v) is 4.08. The van der Waals surface area contributed by atoms with Gasteiger partial charge in [-0.25, -0.2) is 0 Å². The normalized spacial score (nSPS) is 11.9. The summed E-state index contributed by atoms with van der Waals surface area (Å²) in [5, 5.41) is 0. The fourth-order valence-electron chi connectivity index (χ4n) is 1.72. The number of benzene rings is 1. The highest BCUT2D eigenvalue weighted by molar-refractivity contribution is 5.41. The summed E-state index contributed by atoms with van der Waals surface area (Å²) in [6, 6.07) is 5.88. The zero-order valence-electron chi connectivity index (χ0n) is 11.3. The van der Waals surface area contributed by atoms with Crippen LogP contribution in [0.4, 0.5) is 0 Å². The standard InChI is InChI=1S/C15H23NO2/c1-4-7-12-10-14(17-6-3)8-9-15(12)18-13(5-2)11-16/h4,8-10,13H,1,5-7,11,16H2,2-3H3. The Morgan fingerprint density at radius 1 is 1.39 bits per heavy atom. The topological polar surface area (TPSA) is 44.5 Å². The molecule has 1 rings (SSSR count). The molecule has 3 heteroatoms. The van der Waals surface area contributed by atoms with Crippen molar-refractivity contribution in [2.75, 3.05) is 13.2 Å². The van der Waals surface area contributed by atoms with E-state index in [1.165, 1.54) is 0 Å². The molecule has 1 atom stereocenters. The highest BCUT2D eigenvalue weighted by Crippen LogP contribution is 2.26. The molecule has 1 unspecified atom stereocenters. The Morgan fingerprint density at radius 2 is 2.17 bits per heavy atom. The van der Waals surface area contributed by atoms with Gasteiger partial charge in [0.25, 0.3) is 0 Å². The maximum Gasteiger partial charge on any atom is 0.123 e. The lowest BCUT2D eigenvalue weighted by Crippen LogP contribution is -2.26. The Balaban J connectivity index is 2.91. The number of nitrogens with two attached hydrogens (primary N) is 1. The first kappa shape index (κ1) is 14.6. The van der Waals surface area contributed by atoms with Crippen molar-refractivity contribution in [3.63, 3.8) is 0 Å². The van der Waals surface area contributed by atoms with Crippen LogP contribution in [0.3, 0.4) is 0 Å². The van der Waals surface area contributed by atoms with E-state index in [0.29, 0.717) is 13.2 Å². The van der Waals surface area contributed by atoms with Crippen LogP contribution >= 0.6 is 0 Å². The summed E-state index contributed by atoms with van der Waals surface area (Å²) in [6.45, 7) is 9.00. The lowest BCUT2D eigenvalue weighted by molar-refractivity contribution is 0.203. The van der Waals surface area contributed by atoms with Crippen LogP contribution in [-0.2, 0) is 6.42 Å². The van der Waals surface area contributed by atoms with Crippen molar-refractivity contribution in [1.82, 2.24) is 0 Å². The maximum absolute atomic E-state index is 5.90. The van der Waals surface area contributed by atoms with E-state index in [0.717, 1.165) is 29.9 Å². The second kappa shape index (κ2) is 7.77. The average Bonchev–Trinajstić information content (AvgIpc) is 2.39. The van der Waals surface area contributed by atoms with Crippen molar-refractivity contribution >= 4 is 0 Å².